The van der Waals surface area contributed by atoms with E-state index in [1.807, 2.05) is 63.4 Å². The van der Waals surface area contributed by atoms with Crippen LogP contribution in [-0.2, 0) is 16.0 Å². The molecule has 4 aromatic rings. The quantitative estimate of drug-likeness (QED) is 0.0495. The Morgan fingerprint density at radius 2 is 1.54 bits per heavy atom. The summed E-state index contributed by atoms with van der Waals surface area (Å²) < 4.78 is 24.0. The molecule has 4 atom stereocenters. The number of hydrogen-bond donors (Lipinski definition) is 2. The molecule has 4 aromatic carbocycles. The SMILES string of the molecule is COc1cc2c(cc1OCCCOc1cc3c(cc1OC)C(=O)N1C=C(c4ccc(NC(=O)C(C)CCCC(=O)C(N)C(C)C)cc4)CC1C=N3)C=C=CC1CC(c3ccc(CC4=CCCN(C)CC4)cc3)=CC/C1=C/C2=O. The Morgan fingerprint density at radius 3 is 2.27 bits per heavy atom. The van der Waals surface area contributed by atoms with E-state index in [2.05, 4.69) is 65.5 Å². The Bertz CT molecular complexity index is 3140. The van der Waals surface area contributed by atoms with Gasteiger partial charge in [-0.25, -0.2) is 0 Å². The van der Waals surface area contributed by atoms with Gasteiger partial charge >= 0.3 is 0 Å². The molecule has 0 fully saturated rings. The number of Topliss-reactive ketones (excluding diaryl/α,β-unsaturated/α-hetero) is 1. The highest BCUT2D eigenvalue weighted by atomic mass is 16.5. The highest BCUT2D eigenvalue weighted by Crippen LogP contribution is 2.41. The number of aliphatic imine (C=N–C) groups is 1. The summed E-state index contributed by atoms with van der Waals surface area (Å²) >= 11 is 0. The highest BCUT2D eigenvalue weighted by Gasteiger charge is 2.34. The Morgan fingerprint density at radius 1 is 0.833 bits per heavy atom. The summed E-state index contributed by atoms with van der Waals surface area (Å²) in [7, 11) is 5.30. The number of ketones is 2. The normalized spacial score (nSPS) is 19.4. The van der Waals surface area contributed by atoms with Crippen molar-refractivity contribution in [2.75, 3.05) is 52.9 Å². The number of rotatable bonds is 20. The van der Waals surface area contributed by atoms with Crippen molar-refractivity contribution >= 4 is 58.2 Å². The second kappa shape index (κ2) is 25.3. The van der Waals surface area contributed by atoms with E-state index in [0.717, 1.165) is 55.5 Å². The number of carbonyl (C=O) groups excluding carboxylic acids is 4. The van der Waals surface area contributed by atoms with Crippen LogP contribution in [0.4, 0.5) is 11.4 Å². The largest absolute Gasteiger partial charge is 0.493 e. The van der Waals surface area contributed by atoms with Crippen LogP contribution in [0.25, 0.3) is 17.2 Å². The van der Waals surface area contributed by atoms with Gasteiger partial charge in [0.15, 0.2) is 28.8 Å². The molecule has 78 heavy (non-hydrogen) atoms. The Kier molecular flexibility index (Phi) is 17.9. The molecular formula is C65H73N5O8. The second-order valence-corrected chi connectivity index (χ2v) is 21.6. The van der Waals surface area contributed by atoms with E-state index in [4.69, 9.17) is 29.7 Å². The number of anilines is 1. The fourth-order valence-corrected chi connectivity index (χ4v) is 10.7. The van der Waals surface area contributed by atoms with Gasteiger partial charge in [0.2, 0.25) is 5.91 Å². The van der Waals surface area contributed by atoms with Crippen LogP contribution in [0.15, 0.2) is 125 Å². The molecule has 9 rings (SSSR count). The highest BCUT2D eigenvalue weighted by molar-refractivity contribution is 6.08. The van der Waals surface area contributed by atoms with Crippen LogP contribution in [0, 0.1) is 17.8 Å². The number of fused-ring (bicyclic) bond motifs is 4. The van der Waals surface area contributed by atoms with E-state index in [-0.39, 0.29) is 53.8 Å². The molecule has 3 heterocycles. The Labute approximate surface area is 459 Å². The first kappa shape index (κ1) is 55.2. The first-order valence-electron chi connectivity index (χ1n) is 27.5. The van der Waals surface area contributed by atoms with Crippen molar-refractivity contribution < 1.29 is 38.1 Å². The third-order valence-electron chi connectivity index (χ3n) is 15.6. The number of allylic oxidation sites excluding steroid dienone is 5. The molecule has 0 spiro atoms. The van der Waals surface area contributed by atoms with E-state index < -0.39 is 6.04 Å². The second-order valence-electron chi connectivity index (χ2n) is 21.6. The molecule has 406 valence electrons. The molecule has 13 heteroatoms. The number of amides is 2. The fourth-order valence-electron chi connectivity index (χ4n) is 10.7. The number of methoxy groups -OCH3 is 2. The zero-order chi connectivity index (χ0) is 54.9. The summed E-state index contributed by atoms with van der Waals surface area (Å²) in [4.78, 5) is 62.2. The Hall–Kier alpha value is -7.57. The molecule has 0 radical (unpaired) electrons. The van der Waals surface area contributed by atoms with Crippen LogP contribution in [0.3, 0.4) is 0 Å². The molecule has 0 saturated carbocycles. The number of hydrogen-bond acceptors (Lipinski definition) is 11. The number of ether oxygens (including phenoxy) is 4. The molecule has 5 aliphatic rings. The van der Waals surface area contributed by atoms with E-state index in [9.17, 15) is 19.2 Å². The number of carbonyl (C=O) groups is 4. The summed E-state index contributed by atoms with van der Waals surface area (Å²) in [6.45, 7) is 8.53. The molecular weight excluding hydrogens is 979 g/mol. The third kappa shape index (κ3) is 13.2. The summed E-state index contributed by atoms with van der Waals surface area (Å²) in [5.74, 6) is 1.33. The lowest BCUT2D eigenvalue weighted by Gasteiger charge is -2.23. The molecule has 3 N–H and O–H groups in total. The van der Waals surface area contributed by atoms with Crippen molar-refractivity contribution in [3.63, 3.8) is 0 Å². The minimum atomic E-state index is -0.473. The maximum Gasteiger partial charge on any atom is 0.260 e. The average Bonchev–Trinajstić information content (AvgIpc) is 3.85. The number of nitrogens with one attached hydrogen (secondary N) is 1. The molecule has 0 bridgehead atoms. The van der Waals surface area contributed by atoms with Gasteiger partial charge in [-0.15, -0.1) is 5.73 Å². The topological polar surface area (TPSA) is 162 Å². The van der Waals surface area contributed by atoms with Crippen LogP contribution >= 0.6 is 0 Å². The first-order chi connectivity index (χ1) is 37.7. The van der Waals surface area contributed by atoms with Gasteiger partial charge in [-0.3, -0.25) is 24.2 Å². The van der Waals surface area contributed by atoms with Crippen LogP contribution in [0.5, 0.6) is 23.0 Å². The summed E-state index contributed by atoms with van der Waals surface area (Å²) in [5, 5.41) is 2.99. The summed E-state index contributed by atoms with van der Waals surface area (Å²) in [6, 6.07) is 22.8. The minimum absolute atomic E-state index is 0.0306. The zero-order valence-electron chi connectivity index (χ0n) is 45.9. The van der Waals surface area contributed by atoms with Crippen molar-refractivity contribution in [3.8, 4) is 23.0 Å². The van der Waals surface area contributed by atoms with Crippen LogP contribution in [0.2, 0.25) is 0 Å². The molecule has 4 unspecified atom stereocenters. The molecule has 3 aliphatic heterocycles. The van der Waals surface area contributed by atoms with Crippen LogP contribution in [-0.4, -0.2) is 99.0 Å². The molecule has 0 aromatic heterocycles. The van der Waals surface area contributed by atoms with E-state index in [1.54, 1.807) is 42.5 Å². The first-order valence-corrected chi connectivity index (χ1v) is 27.5. The number of benzene rings is 4. The molecule has 2 amide bonds. The molecule has 13 nitrogen and oxygen atoms in total. The van der Waals surface area contributed by atoms with Crippen molar-refractivity contribution in [2.45, 2.75) is 97.1 Å². The van der Waals surface area contributed by atoms with Gasteiger partial charge < -0.3 is 39.8 Å². The average molecular weight is 1050 g/mol. The van der Waals surface area contributed by atoms with Crippen molar-refractivity contribution in [1.29, 1.82) is 0 Å². The lowest BCUT2D eigenvalue weighted by molar-refractivity contribution is -0.122. The van der Waals surface area contributed by atoms with Crippen molar-refractivity contribution in [2.24, 2.45) is 28.5 Å². The molecule has 0 saturated heterocycles. The number of nitrogens with two attached hydrogens (primary N) is 1. The van der Waals surface area contributed by atoms with Gasteiger partial charge in [-0.1, -0.05) is 80.5 Å². The van der Waals surface area contributed by atoms with Gasteiger partial charge in [0.25, 0.3) is 5.91 Å². The van der Waals surface area contributed by atoms with E-state index >= 15 is 0 Å². The smallest absolute Gasteiger partial charge is 0.260 e. The predicted molar refractivity (Wildman–Crippen MR) is 309 cm³/mol. The van der Waals surface area contributed by atoms with Crippen molar-refractivity contribution in [1.82, 2.24) is 9.80 Å². The van der Waals surface area contributed by atoms with E-state index in [0.29, 0.717) is 96.2 Å². The van der Waals surface area contributed by atoms with Gasteiger partial charge in [-0.2, -0.15) is 0 Å². The van der Waals surface area contributed by atoms with Crippen molar-refractivity contribution in [3.05, 3.63) is 154 Å². The standard InChI is InChI=1S/C65H73N5O8/c1-41(2)63(66)57(71)15-7-11-42(3)64(73)68-52-24-22-46(23-25-52)51-33-53-39-67-56-38-62(60(76-6)37-55(56)65(74)70(53)40-51)78-30-10-29-77-61-35-50-14-8-13-47-32-48(20-21-49(47)34-58(72)54(50)36-59(61)75-5)45-18-16-44(17-19-45)31-43-12-9-27-69(4)28-26-43/h12-14,16-20,22-25,34-42,47,53,63H,7,9-11,15,21,26-33,66H2,1-6H3,(H,68,73)/b49-34-. The Balaban J connectivity index is 0.775. The lowest BCUT2D eigenvalue weighted by atomic mass is 9.81. The van der Waals surface area contributed by atoms with Gasteiger partial charge in [0, 0.05) is 73.9 Å². The van der Waals surface area contributed by atoms with Crippen LogP contribution < -0.4 is 30.0 Å². The molecule has 2 aliphatic carbocycles. The van der Waals surface area contributed by atoms with Gasteiger partial charge in [0.1, 0.15) is 5.78 Å². The zero-order valence-corrected chi connectivity index (χ0v) is 45.9. The van der Waals surface area contributed by atoms with Crippen LogP contribution in [0.1, 0.15) is 122 Å². The third-order valence-corrected chi connectivity index (χ3v) is 15.6. The predicted octanol–water partition coefficient (Wildman–Crippen LogP) is 11.8. The van der Waals surface area contributed by atoms with Gasteiger partial charge in [0.05, 0.1) is 50.8 Å². The fraction of sp³-hybridized carbons (Fsp3) is 0.385. The maximum absolute atomic E-state index is 14.1. The van der Waals surface area contributed by atoms with E-state index in [1.165, 1.54) is 29.4 Å². The summed E-state index contributed by atoms with van der Waals surface area (Å²) in [6.07, 6.45) is 21.4. The summed E-state index contributed by atoms with van der Waals surface area (Å²) in [5.41, 5.74) is 20.5. The monoisotopic (exact) mass is 1050 g/mol. The lowest BCUT2D eigenvalue weighted by Crippen LogP contribution is -2.35. The number of nitrogens with zero attached hydrogens (tertiary/aromatic N) is 3. The maximum atomic E-state index is 14.1. The minimum Gasteiger partial charge on any atom is -0.493 e. The van der Waals surface area contributed by atoms with Gasteiger partial charge in [-0.05, 0) is 140 Å².